The second kappa shape index (κ2) is 7.44. The fourth-order valence-corrected chi connectivity index (χ4v) is 2.86. The molecule has 3 nitrogen and oxygen atoms in total. The Kier molecular flexibility index (Phi) is 5.60. The number of unbranched alkanes of at least 4 members (excludes halogenated alkanes) is 2. The molecule has 1 fully saturated rings. The van der Waals surface area contributed by atoms with Gasteiger partial charge >= 0.3 is 0 Å². The molecule has 3 heteroatoms. The molecule has 1 saturated heterocycles. The summed E-state index contributed by atoms with van der Waals surface area (Å²) in [7, 11) is 0. The van der Waals surface area contributed by atoms with E-state index < -0.39 is 0 Å². The molecule has 1 aliphatic heterocycles. The molecular formula is C17H26N2O. The molecule has 1 aromatic rings. The summed E-state index contributed by atoms with van der Waals surface area (Å²) in [6.07, 6.45) is 5.47. The highest BCUT2D eigenvalue weighted by atomic mass is 16.2. The number of carbonyl (C=O) groups excluding carboxylic acids is 1. The van der Waals surface area contributed by atoms with Crippen LogP contribution in [0, 0.1) is 0 Å². The van der Waals surface area contributed by atoms with Crippen molar-refractivity contribution in [3.8, 4) is 0 Å². The van der Waals surface area contributed by atoms with E-state index in [9.17, 15) is 4.79 Å². The van der Waals surface area contributed by atoms with Crippen molar-refractivity contribution in [2.45, 2.75) is 58.2 Å². The molecule has 1 heterocycles. The van der Waals surface area contributed by atoms with E-state index in [2.05, 4.69) is 31.3 Å². The summed E-state index contributed by atoms with van der Waals surface area (Å²) in [5, 5.41) is 3.51. The van der Waals surface area contributed by atoms with Crippen LogP contribution in [0.3, 0.4) is 0 Å². The number of hydrogen-bond donors (Lipinski definition) is 1. The molecule has 0 aliphatic carbocycles. The molecular weight excluding hydrogens is 248 g/mol. The zero-order chi connectivity index (χ0) is 14.4. The molecule has 2 rings (SSSR count). The van der Waals surface area contributed by atoms with E-state index in [0.717, 1.165) is 25.8 Å². The van der Waals surface area contributed by atoms with Gasteiger partial charge in [-0.15, -0.1) is 0 Å². The molecule has 1 aromatic carbocycles. The van der Waals surface area contributed by atoms with E-state index in [4.69, 9.17) is 0 Å². The van der Waals surface area contributed by atoms with Gasteiger partial charge in [0, 0.05) is 6.54 Å². The monoisotopic (exact) mass is 274 g/mol. The minimum absolute atomic E-state index is 0.00756. The van der Waals surface area contributed by atoms with Crippen molar-refractivity contribution in [1.29, 1.82) is 0 Å². The third kappa shape index (κ3) is 3.40. The van der Waals surface area contributed by atoms with Crippen LogP contribution in [0.5, 0.6) is 0 Å². The Labute approximate surface area is 122 Å². The number of nitrogens with one attached hydrogen (secondary N) is 1. The molecule has 0 bridgehead atoms. The Morgan fingerprint density at radius 3 is 2.50 bits per heavy atom. The zero-order valence-electron chi connectivity index (χ0n) is 12.6. The Bertz CT molecular complexity index is 418. The smallest absolute Gasteiger partial charge is 0.241 e. The molecule has 20 heavy (non-hydrogen) atoms. The third-order valence-corrected chi connectivity index (χ3v) is 3.95. The maximum absolute atomic E-state index is 12.5. The van der Waals surface area contributed by atoms with Gasteiger partial charge in [-0.1, -0.05) is 63.4 Å². The summed E-state index contributed by atoms with van der Waals surface area (Å²) in [5.74, 6) is 0.275. The summed E-state index contributed by atoms with van der Waals surface area (Å²) in [5.41, 5.74) is 1.19. The average Bonchev–Trinajstić information content (AvgIpc) is 2.78. The molecule has 110 valence electrons. The number of amides is 1. The van der Waals surface area contributed by atoms with Crippen LogP contribution < -0.4 is 5.32 Å². The fourth-order valence-electron chi connectivity index (χ4n) is 2.86. The van der Waals surface area contributed by atoms with Crippen molar-refractivity contribution < 1.29 is 4.79 Å². The van der Waals surface area contributed by atoms with Crippen molar-refractivity contribution in [2.75, 3.05) is 6.54 Å². The van der Waals surface area contributed by atoms with Crippen LogP contribution in [0.15, 0.2) is 30.3 Å². The first-order chi connectivity index (χ1) is 9.77. The first-order valence-corrected chi connectivity index (χ1v) is 7.89. The van der Waals surface area contributed by atoms with Gasteiger partial charge in [-0.3, -0.25) is 10.1 Å². The Hall–Kier alpha value is -1.35. The molecule has 2 unspecified atom stereocenters. The first kappa shape index (κ1) is 15.0. The summed E-state index contributed by atoms with van der Waals surface area (Å²) in [6.45, 7) is 5.18. The summed E-state index contributed by atoms with van der Waals surface area (Å²) in [6, 6.07) is 10.3. The number of rotatable bonds is 7. The molecule has 0 radical (unpaired) electrons. The van der Waals surface area contributed by atoms with Crippen LogP contribution in [0.25, 0.3) is 0 Å². The van der Waals surface area contributed by atoms with Gasteiger partial charge in [0.1, 0.15) is 6.17 Å². The molecule has 2 atom stereocenters. The van der Waals surface area contributed by atoms with E-state index in [1.165, 1.54) is 18.4 Å². The van der Waals surface area contributed by atoms with Gasteiger partial charge in [0.15, 0.2) is 0 Å². The molecule has 1 N–H and O–H groups in total. The lowest BCUT2D eigenvalue weighted by Crippen LogP contribution is -2.32. The van der Waals surface area contributed by atoms with Crippen LogP contribution in [-0.2, 0) is 4.79 Å². The van der Waals surface area contributed by atoms with Crippen LogP contribution in [0.4, 0.5) is 0 Å². The predicted molar refractivity (Wildman–Crippen MR) is 82.3 cm³/mol. The van der Waals surface area contributed by atoms with E-state index in [1.807, 2.05) is 23.1 Å². The lowest BCUT2D eigenvalue weighted by molar-refractivity contribution is -0.130. The van der Waals surface area contributed by atoms with E-state index >= 15 is 0 Å². The Morgan fingerprint density at radius 2 is 1.85 bits per heavy atom. The van der Waals surface area contributed by atoms with Gasteiger partial charge < -0.3 is 4.90 Å². The lowest BCUT2D eigenvalue weighted by atomic mass is 10.1. The quantitative estimate of drug-likeness (QED) is 0.772. The Morgan fingerprint density at radius 1 is 1.10 bits per heavy atom. The zero-order valence-corrected chi connectivity index (χ0v) is 12.6. The highest BCUT2D eigenvalue weighted by molar-refractivity contribution is 5.84. The summed E-state index contributed by atoms with van der Waals surface area (Å²) < 4.78 is 0. The van der Waals surface area contributed by atoms with Gasteiger partial charge in [0.2, 0.25) is 5.91 Å². The van der Waals surface area contributed by atoms with Crippen molar-refractivity contribution >= 4 is 5.91 Å². The maximum Gasteiger partial charge on any atom is 0.241 e. The minimum Gasteiger partial charge on any atom is -0.322 e. The average molecular weight is 274 g/mol. The maximum atomic E-state index is 12.5. The van der Waals surface area contributed by atoms with Gasteiger partial charge in [0.25, 0.3) is 0 Å². The SMILES string of the molecule is CCCCCN1C(=O)C(CCC)NC1c1ccccc1. The first-order valence-electron chi connectivity index (χ1n) is 7.89. The fraction of sp³-hybridized carbons (Fsp3) is 0.588. The van der Waals surface area contributed by atoms with Gasteiger partial charge in [-0.05, 0) is 18.4 Å². The second-order valence-corrected chi connectivity index (χ2v) is 5.56. The molecule has 1 amide bonds. The normalized spacial score (nSPS) is 22.5. The number of benzene rings is 1. The molecule has 0 spiro atoms. The largest absolute Gasteiger partial charge is 0.322 e. The molecule has 1 aliphatic rings. The van der Waals surface area contributed by atoms with Crippen LogP contribution in [0.2, 0.25) is 0 Å². The van der Waals surface area contributed by atoms with Crippen LogP contribution in [-0.4, -0.2) is 23.4 Å². The highest BCUT2D eigenvalue weighted by Crippen LogP contribution is 2.27. The number of nitrogens with zero attached hydrogens (tertiary/aromatic N) is 1. The van der Waals surface area contributed by atoms with Gasteiger partial charge in [0.05, 0.1) is 6.04 Å². The van der Waals surface area contributed by atoms with E-state index in [0.29, 0.717) is 0 Å². The Balaban J connectivity index is 2.12. The minimum atomic E-state index is -0.00756. The van der Waals surface area contributed by atoms with Crippen molar-refractivity contribution in [3.63, 3.8) is 0 Å². The van der Waals surface area contributed by atoms with Crippen molar-refractivity contribution in [3.05, 3.63) is 35.9 Å². The number of carbonyl (C=O) groups is 1. The highest BCUT2D eigenvalue weighted by Gasteiger charge is 2.38. The molecule has 0 saturated carbocycles. The number of hydrogen-bond acceptors (Lipinski definition) is 2. The topological polar surface area (TPSA) is 32.3 Å². The van der Waals surface area contributed by atoms with E-state index in [-0.39, 0.29) is 18.1 Å². The van der Waals surface area contributed by atoms with Crippen LogP contribution >= 0.6 is 0 Å². The van der Waals surface area contributed by atoms with Gasteiger partial charge in [-0.2, -0.15) is 0 Å². The lowest BCUT2D eigenvalue weighted by Gasteiger charge is -2.24. The predicted octanol–water partition coefficient (Wildman–Crippen LogP) is 3.48. The van der Waals surface area contributed by atoms with Crippen molar-refractivity contribution in [2.24, 2.45) is 0 Å². The summed E-state index contributed by atoms with van der Waals surface area (Å²) >= 11 is 0. The van der Waals surface area contributed by atoms with Crippen molar-refractivity contribution in [1.82, 2.24) is 10.2 Å². The second-order valence-electron chi connectivity index (χ2n) is 5.56. The van der Waals surface area contributed by atoms with Gasteiger partial charge in [-0.25, -0.2) is 0 Å². The summed E-state index contributed by atoms with van der Waals surface area (Å²) in [4.78, 5) is 14.6. The third-order valence-electron chi connectivity index (χ3n) is 3.95. The standard InChI is InChI=1S/C17H26N2O/c1-3-5-9-13-19-16(14-11-7-6-8-12-14)18-15(10-4-2)17(19)20/h6-8,11-12,15-16,18H,3-5,9-10,13H2,1-2H3. The van der Waals surface area contributed by atoms with Crippen LogP contribution in [0.1, 0.15) is 57.7 Å². The van der Waals surface area contributed by atoms with E-state index in [1.54, 1.807) is 0 Å². The molecule has 0 aromatic heterocycles.